The van der Waals surface area contributed by atoms with E-state index in [1.807, 2.05) is 6.07 Å². The maximum Gasteiger partial charge on any atom is 0.157 e. The van der Waals surface area contributed by atoms with Gasteiger partial charge in [-0.05, 0) is 100 Å². The molecule has 2 aromatic rings. The maximum atomic E-state index is 12.2. The van der Waals surface area contributed by atoms with Crippen LogP contribution in [0.4, 0.5) is 0 Å². The molecular weight excluding hydrogens is 424 g/mol. The van der Waals surface area contributed by atoms with Gasteiger partial charge in [-0.3, -0.25) is 9.80 Å². The van der Waals surface area contributed by atoms with Crippen LogP contribution >= 0.6 is 0 Å². The van der Waals surface area contributed by atoms with Crippen LogP contribution in [0.3, 0.4) is 0 Å². The number of phenolic OH excluding ortho intramolecular Hbond substituents is 2. The molecule has 2 aromatic carbocycles. The largest absolute Gasteiger partial charge is 0.504 e. The molecule has 2 aliphatic carbocycles. The molecule has 3 unspecified atom stereocenters. The summed E-state index contributed by atoms with van der Waals surface area (Å²) in [7, 11) is 2.24. The van der Waals surface area contributed by atoms with Gasteiger partial charge in [0.1, 0.15) is 0 Å². The van der Waals surface area contributed by atoms with Crippen molar-refractivity contribution in [1.29, 1.82) is 0 Å². The summed E-state index contributed by atoms with van der Waals surface area (Å²) in [6.45, 7) is 3.14. The number of hydrogen-bond donors (Lipinski definition) is 3. The van der Waals surface area contributed by atoms with Crippen molar-refractivity contribution in [1.82, 2.24) is 9.80 Å². The van der Waals surface area contributed by atoms with Crippen LogP contribution < -0.4 is 0 Å². The van der Waals surface area contributed by atoms with Crippen molar-refractivity contribution in [2.24, 2.45) is 11.8 Å². The van der Waals surface area contributed by atoms with Crippen molar-refractivity contribution >= 4 is 0 Å². The Labute approximate surface area is 204 Å². The monoisotopic (exact) mass is 464 g/mol. The van der Waals surface area contributed by atoms with Crippen LogP contribution in [0, 0.1) is 11.8 Å². The van der Waals surface area contributed by atoms with E-state index < -0.39 is 5.60 Å². The van der Waals surface area contributed by atoms with Gasteiger partial charge in [-0.15, -0.1) is 0 Å². The molecule has 4 atom stereocenters. The third-order valence-electron chi connectivity index (χ3n) is 8.76. The number of rotatable bonds is 8. The molecule has 3 fully saturated rings. The van der Waals surface area contributed by atoms with Crippen molar-refractivity contribution in [2.45, 2.75) is 75.6 Å². The van der Waals surface area contributed by atoms with Gasteiger partial charge in [-0.2, -0.15) is 0 Å². The first kappa shape index (κ1) is 23.7. The Morgan fingerprint density at radius 2 is 1.76 bits per heavy atom. The van der Waals surface area contributed by atoms with E-state index in [4.69, 9.17) is 0 Å². The molecule has 3 N–H and O–H groups in total. The number of phenols is 2. The lowest BCUT2D eigenvalue weighted by molar-refractivity contribution is -0.154. The number of benzene rings is 2. The fourth-order valence-corrected chi connectivity index (χ4v) is 6.56. The second kappa shape index (κ2) is 9.88. The number of likely N-dealkylation sites (tertiary alicyclic amines) is 1. The average molecular weight is 465 g/mol. The smallest absolute Gasteiger partial charge is 0.157 e. The van der Waals surface area contributed by atoms with E-state index in [0.29, 0.717) is 12.0 Å². The van der Waals surface area contributed by atoms with Crippen LogP contribution in [0.25, 0.3) is 0 Å². The van der Waals surface area contributed by atoms with E-state index in [1.165, 1.54) is 18.4 Å². The highest BCUT2D eigenvalue weighted by atomic mass is 16.3. The van der Waals surface area contributed by atoms with Gasteiger partial charge in [0.05, 0.1) is 5.60 Å². The van der Waals surface area contributed by atoms with Crippen LogP contribution in [-0.4, -0.2) is 62.9 Å². The number of fused-ring (bicyclic) bond motifs is 1. The normalized spacial score (nSPS) is 29.8. The molecule has 0 aromatic heterocycles. The lowest BCUT2D eigenvalue weighted by atomic mass is 9.64. The molecule has 0 bridgehead atoms. The number of aryl methyl sites for hydroxylation is 1. The minimum atomic E-state index is -0.643. The molecule has 1 heterocycles. The van der Waals surface area contributed by atoms with Crippen molar-refractivity contribution in [2.75, 3.05) is 20.1 Å². The van der Waals surface area contributed by atoms with Gasteiger partial charge in [0.2, 0.25) is 0 Å². The molecule has 1 aliphatic heterocycles. The lowest BCUT2D eigenvalue weighted by Gasteiger charge is -2.56. The highest BCUT2D eigenvalue weighted by Crippen LogP contribution is 2.47. The first-order valence-corrected chi connectivity index (χ1v) is 13.1. The Bertz CT molecular complexity index is 963. The Kier molecular flexibility index (Phi) is 6.88. The first-order valence-electron chi connectivity index (χ1n) is 13.1. The lowest BCUT2D eigenvalue weighted by Crippen LogP contribution is -2.64. The standard InChI is InChI=1S/C29H40N2O3/c1-30(19-22-5-3-2-4-6-22)25-13-15-29(34)24(18-25)14-16-31(20-23-7-8-23)28(29)12-10-21-9-11-26(32)27(33)17-21/h2-6,9,11,17,23-25,28,32-34H,7-8,10,12-16,18-20H2,1H3/t24?,25?,28-,29?/m1/s1. The van der Waals surface area contributed by atoms with Crippen LogP contribution in [-0.2, 0) is 13.0 Å². The van der Waals surface area contributed by atoms with E-state index in [-0.39, 0.29) is 17.5 Å². The second-order valence-corrected chi connectivity index (χ2v) is 11.1. The van der Waals surface area contributed by atoms with Gasteiger partial charge in [0.25, 0.3) is 0 Å². The molecule has 3 aliphatic rings. The number of aromatic hydroxyl groups is 2. The van der Waals surface area contributed by atoms with Crippen molar-refractivity contribution in [3.05, 3.63) is 59.7 Å². The van der Waals surface area contributed by atoms with Crippen molar-refractivity contribution < 1.29 is 15.3 Å². The fourth-order valence-electron chi connectivity index (χ4n) is 6.56. The van der Waals surface area contributed by atoms with E-state index in [1.54, 1.807) is 12.1 Å². The van der Waals surface area contributed by atoms with Gasteiger partial charge >= 0.3 is 0 Å². The van der Waals surface area contributed by atoms with Crippen LogP contribution in [0.1, 0.15) is 56.1 Å². The topological polar surface area (TPSA) is 67.2 Å². The predicted octanol–water partition coefficient (Wildman–Crippen LogP) is 4.55. The Morgan fingerprint density at radius 3 is 2.50 bits per heavy atom. The van der Waals surface area contributed by atoms with Crippen molar-refractivity contribution in [3.8, 4) is 11.5 Å². The summed E-state index contributed by atoms with van der Waals surface area (Å²) >= 11 is 0. The number of hydrogen-bond acceptors (Lipinski definition) is 5. The van der Waals surface area contributed by atoms with Gasteiger partial charge < -0.3 is 15.3 Å². The van der Waals surface area contributed by atoms with Crippen LogP contribution in [0.2, 0.25) is 0 Å². The third-order valence-corrected chi connectivity index (χ3v) is 8.76. The minimum absolute atomic E-state index is 0.0606. The maximum absolute atomic E-state index is 12.2. The van der Waals surface area contributed by atoms with Crippen molar-refractivity contribution in [3.63, 3.8) is 0 Å². The zero-order chi connectivity index (χ0) is 23.7. The minimum Gasteiger partial charge on any atom is -0.504 e. The van der Waals surface area contributed by atoms with Gasteiger partial charge in [-0.1, -0.05) is 36.4 Å². The molecule has 34 heavy (non-hydrogen) atoms. The summed E-state index contributed by atoms with van der Waals surface area (Å²) in [6, 6.07) is 16.5. The Balaban J connectivity index is 1.28. The summed E-state index contributed by atoms with van der Waals surface area (Å²) in [6.07, 6.45) is 8.36. The Morgan fingerprint density at radius 1 is 0.971 bits per heavy atom. The number of aliphatic hydroxyl groups is 1. The molecule has 5 nitrogen and oxygen atoms in total. The van der Waals surface area contributed by atoms with Crippen LogP contribution in [0.15, 0.2) is 48.5 Å². The molecule has 2 saturated carbocycles. The third kappa shape index (κ3) is 5.12. The predicted molar refractivity (Wildman–Crippen MR) is 135 cm³/mol. The second-order valence-electron chi connectivity index (χ2n) is 11.1. The molecule has 5 rings (SSSR count). The molecule has 1 saturated heterocycles. The van der Waals surface area contributed by atoms with Gasteiger partial charge in [0.15, 0.2) is 11.5 Å². The average Bonchev–Trinajstić information content (AvgIpc) is 3.65. The summed E-state index contributed by atoms with van der Waals surface area (Å²) in [5.41, 5.74) is 1.72. The number of nitrogens with zero attached hydrogens (tertiary/aromatic N) is 2. The van der Waals surface area contributed by atoms with E-state index in [0.717, 1.165) is 69.6 Å². The molecule has 5 heteroatoms. The first-order chi connectivity index (χ1) is 16.4. The van der Waals surface area contributed by atoms with Gasteiger partial charge in [0, 0.05) is 25.2 Å². The Hall–Kier alpha value is -2.08. The molecule has 0 amide bonds. The van der Waals surface area contributed by atoms with E-state index in [2.05, 4.69) is 47.2 Å². The summed E-state index contributed by atoms with van der Waals surface area (Å²) in [4.78, 5) is 5.07. The highest BCUT2D eigenvalue weighted by Gasteiger charge is 2.52. The molecule has 184 valence electrons. The van der Waals surface area contributed by atoms with Gasteiger partial charge in [-0.25, -0.2) is 0 Å². The summed E-state index contributed by atoms with van der Waals surface area (Å²) < 4.78 is 0. The zero-order valence-corrected chi connectivity index (χ0v) is 20.4. The quantitative estimate of drug-likeness (QED) is 0.500. The molecular formula is C29H40N2O3. The highest BCUT2D eigenvalue weighted by molar-refractivity contribution is 5.40. The molecule has 0 spiro atoms. The van der Waals surface area contributed by atoms with E-state index in [9.17, 15) is 15.3 Å². The van der Waals surface area contributed by atoms with E-state index >= 15 is 0 Å². The summed E-state index contributed by atoms with van der Waals surface area (Å²) in [5, 5.41) is 31.8. The SMILES string of the molecule is CN(Cc1ccccc1)C1CCC2(O)C(CCN(CC3CC3)[C@@H]2CCc2ccc(O)c(O)c2)C1. The zero-order valence-electron chi connectivity index (χ0n) is 20.4. The van der Waals surface area contributed by atoms with Crippen LogP contribution in [0.5, 0.6) is 11.5 Å². The number of piperidine rings is 1. The summed E-state index contributed by atoms with van der Waals surface area (Å²) in [5.74, 6) is 0.995. The fraction of sp³-hybridized carbons (Fsp3) is 0.586. The molecule has 0 radical (unpaired) electrons.